The summed E-state index contributed by atoms with van der Waals surface area (Å²) in [5.74, 6) is 1.28. The first-order valence-corrected chi connectivity index (χ1v) is 6.04. The lowest BCUT2D eigenvalue weighted by Gasteiger charge is -2.23. The maximum atomic E-state index is 11.3. The minimum absolute atomic E-state index is 0.396. The van der Waals surface area contributed by atoms with E-state index in [9.17, 15) is 4.79 Å². The summed E-state index contributed by atoms with van der Waals surface area (Å²) in [4.78, 5) is 13.5. The first-order chi connectivity index (χ1) is 8.19. The van der Waals surface area contributed by atoms with Crippen LogP contribution < -0.4 is 4.74 Å². The molecule has 1 aromatic carbocycles. The number of benzene rings is 1. The lowest BCUT2D eigenvalue weighted by molar-refractivity contribution is -0.117. The van der Waals surface area contributed by atoms with Crippen LogP contribution in [0.1, 0.15) is 24.8 Å². The molecule has 0 amide bonds. The van der Waals surface area contributed by atoms with Crippen LogP contribution in [0.25, 0.3) is 0 Å². The van der Waals surface area contributed by atoms with Gasteiger partial charge >= 0.3 is 0 Å². The molecule has 92 valence electrons. The van der Waals surface area contributed by atoms with Gasteiger partial charge in [-0.1, -0.05) is 12.1 Å². The van der Waals surface area contributed by atoms with Gasteiger partial charge in [0.2, 0.25) is 0 Å². The molecular weight excluding hydrogens is 214 g/mol. The number of hydrogen-bond donors (Lipinski definition) is 0. The molecule has 1 aliphatic rings. The summed E-state index contributed by atoms with van der Waals surface area (Å²) in [5.41, 5.74) is 1.23. The summed E-state index contributed by atoms with van der Waals surface area (Å²) in [6.45, 7) is 0.870. The Hall–Kier alpha value is -1.35. The topological polar surface area (TPSA) is 29.5 Å². The first-order valence-electron chi connectivity index (χ1n) is 6.04. The fourth-order valence-electron chi connectivity index (χ4n) is 2.36. The second kappa shape index (κ2) is 5.32. The average Bonchev–Trinajstić information content (AvgIpc) is 2.76. The number of methoxy groups -OCH3 is 1. The standard InChI is InChI=1S/C14H19NO2/c1-15(12-6-7-13(16)9-12)10-11-4-3-5-14(8-11)17-2/h3-5,8,12H,6-7,9-10H2,1-2H3. The zero-order valence-electron chi connectivity index (χ0n) is 10.5. The second-order valence-electron chi connectivity index (χ2n) is 4.70. The molecule has 0 heterocycles. The highest BCUT2D eigenvalue weighted by molar-refractivity contribution is 5.81. The monoisotopic (exact) mass is 233 g/mol. The number of ketones is 1. The SMILES string of the molecule is COc1cccc(CN(C)C2CCC(=O)C2)c1. The van der Waals surface area contributed by atoms with Gasteiger partial charge in [-0.2, -0.15) is 0 Å². The highest BCUT2D eigenvalue weighted by Gasteiger charge is 2.25. The molecule has 0 radical (unpaired) electrons. The molecule has 3 heteroatoms. The molecule has 1 aliphatic carbocycles. The van der Waals surface area contributed by atoms with Crippen molar-refractivity contribution < 1.29 is 9.53 Å². The molecule has 1 unspecified atom stereocenters. The maximum Gasteiger partial charge on any atom is 0.134 e. The van der Waals surface area contributed by atoms with E-state index < -0.39 is 0 Å². The summed E-state index contributed by atoms with van der Waals surface area (Å²) >= 11 is 0. The smallest absolute Gasteiger partial charge is 0.134 e. The van der Waals surface area contributed by atoms with Gasteiger partial charge in [-0.25, -0.2) is 0 Å². The Morgan fingerprint density at radius 1 is 1.47 bits per heavy atom. The van der Waals surface area contributed by atoms with Crippen LogP contribution >= 0.6 is 0 Å². The number of carbonyl (C=O) groups excluding carboxylic acids is 1. The van der Waals surface area contributed by atoms with Crippen molar-refractivity contribution >= 4 is 5.78 Å². The highest BCUT2D eigenvalue weighted by atomic mass is 16.5. The molecule has 2 rings (SSSR count). The Morgan fingerprint density at radius 3 is 2.94 bits per heavy atom. The Bertz CT molecular complexity index is 403. The molecule has 1 atom stereocenters. The molecule has 0 aliphatic heterocycles. The number of Topliss-reactive ketones (excluding diaryl/α,β-unsaturated/α-hetero) is 1. The molecule has 1 aromatic rings. The van der Waals surface area contributed by atoms with Crippen molar-refractivity contribution in [2.24, 2.45) is 0 Å². The van der Waals surface area contributed by atoms with Crippen LogP contribution in [0.4, 0.5) is 0 Å². The minimum atomic E-state index is 0.396. The fourth-order valence-corrected chi connectivity index (χ4v) is 2.36. The van der Waals surface area contributed by atoms with Crippen LogP contribution in [0.2, 0.25) is 0 Å². The van der Waals surface area contributed by atoms with Gasteiger partial charge in [0.1, 0.15) is 11.5 Å². The first kappa shape index (κ1) is 12.1. The Kier molecular flexibility index (Phi) is 3.79. The van der Waals surface area contributed by atoms with E-state index in [1.165, 1.54) is 5.56 Å². The lowest BCUT2D eigenvalue weighted by atomic mass is 10.1. The van der Waals surface area contributed by atoms with Gasteiger partial charge in [0.25, 0.3) is 0 Å². The van der Waals surface area contributed by atoms with E-state index in [4.69, 9.17) is 4.74 Å². The molecule has 0 N–H and O–H groups in total. The Morgan fingerprint density at radius 2 is 2.29 bits per heavy atom. The fraction of sp³-hybridized carbons (Fsp3) is 0.500. The van der Waals surface area contributed by atoms with Gasteiger partial charge in [0.05, 0.1) is 7.11 Å². The van der Waals surface area contributed by atoms with Gasteiger partial charge in [0, 0.05) is 25.4 Å². The van der Waals surface area contributed by atoms with Crippen molar-refractivity contribution in [2.45, 2.75) is 31.8 Å². The Labute approximate surface area is 102 Å². The summed E-state index contributed by atoms with van der Waals surface area (Å²) in [5, 5.41) is 0. The van der Waals surface area contributed by atoms with E-state index in [2.05, 4.69) is 18.0 Å². The summed E-state index contributed by atoms with van der Waals surface area (Å²) in [7, 11) is 3.77. The maximum absolute atomic E-state index is 11.3. The van der Waals surface area contributed by atoms with Crippen molar-refractivity contribution in [1.82, 2.24) is 4.90 Å². The zero-order chi connectivity index (χ0) is 12.3. The molecule has 1 fully saturated rings. The number of ether oxygens (including phenoxy) is 1. The number of carbonyl (C=O) groups is 1. The molecule has 0 spiro atoms. The average molecular weight is 233 g/mol. The molecule has 0 saturated heterocycles. The quantitative estimate of drug-likeness (QED) is 0.799. The largest absolute Gasteiger partial charge is 0.497 e. The van der Waals surface area contributed by atoms with Crippen molar-refractivity contribution in [2.75, 3.05) is 14.2 Å². The van der Waals surface area contributed by atoms with Gasteiger partial charge in [-0.3, -0.25) is 9.69 Å². The molecule has 0 aromatic heterocycles. The third-order valence-corrected chi connectivity index (χ3v) is 3.41. The number of nitrogens with zero attached hydrogens (tertiary/aromatic N) is 1. The van der Waals surface area contributed by atoms with Crippen LogP contribution in [-0.4, -0.2) is 30.9 Å². The highest BCUT2D eigenvalue weighted by Crippen LogP contribution is 2.22. The van der Waals surface area contributed by atoms with Gasteiger partial charge in [0.15, 0.2) is 0 Å². The summed E-state index contributed by atoms with van der Waals surface area (Å²) in [6.07, 6.45) is 2.45. The summed E-state index contributed by atoms with van der Waals surface area (Å²) < 4.78 is 5.21. The number of hydrogen-bond acceptors (Lipinski definition) is 3. The lowest BCUT2D eigenvalue weighted by Crippen LogP contribution is -2.29. The molecule has 1 saturated carbocycles. The minimum Gasteiger partial charge on any atom is -0.497 e. The van der Waals surface area contributed by atoms with E-state index in [1.807, 2.05) is 18.2 Å². The van der Waals surface area contributed by atoms with Crippen LogP contribution in [0.15, 0.2) is 24.3 Å². The van der Waals surface area contributed by atoms with Gasteiger partial charge < -0.3 is 4.74 Å². The molecular formula is C14H19NO2. The molecule has 3 nitrogen and oxygen atoms in total. The van der Waals surface area contributed by atoms with Gasteiger partial charge in [-0.15, -0.1) is 0 Å². The normalized spacial score (nSPS) is 19.9. The Balaban J connectivity index is 1.97. The van der Waals surface area contributed by atoms with Crippen molar-refractivity contribution in [3.63, 3.8) is 0 Å². The van der Waals surface area contributed by atoms with Crippen LogP contribution in [0.3, 0.4) is 0 Å². The zero-order valence-corrected chi connectivity index (χ0v) is 10.5. The van der Waals surface area contributed by atoms with Crippen LogP contribution in [-0.2, 0) is 11.3 Å². The number of rotatable bonds is 4. The van der Waals surface area contributed by atoms with E-state index in [0.717, 1.165) is 25.1 Å². The van der Waals surface area contributed by atoms with E-state index in [0.29, 0.717) is 18.2 Å². The van der Waals surface area contributed by atoms with Crippen molar-refractivity contribution in [1.29, 1.82) is 0 Å². The van der Waals surface area contributed by atoms with E-state index in [-0.39, 0.29) is 0 Å². The molecule has 0 bridgehead atoms. The van der Waals surface area contributed by atoms with Crippen LogP contribution in [0, 0.1) is 0 Å². The second-order valence-corrected chi connectivity index (χ2v) is 4.70. The van der Waals surface area contributed by atoms with Crippen LogP contribution in [0.5, 0.6) is 5.75 Å². The molecule has 17 heavy (non-hydrogen) atoms. The van der Waals surface area contributed by atoms with Crippen molar-refractivity contribution in [3.8, 4) is 5.75 Å². The van der Waals surface area contributed by atoms with E-state index >= 15 is 0 Å². The van der Waals surface area contributed by atoms with Gasteiger partial charge in [-0.05, 0) is 31.2 Å². The third-order valence-electron chi connectivity index (χ3n) is 3.41. The predicted octanol–water partition coefficient (Wildman–Crippen LogP) is 2.25. The summed E-state index contributed by atoms with van der Waals surface area (Å²) in [6, 6.07) is 8.50. The predicted molar refractivity (Wildman–Crippen MR) is 67.1 cm³/mol. The van der Waals surface area contributed by atoms with Crippen molar-refractivity contribution in [3.05, 3.63) is 29.8 Å². The third kappa shape index (κ3) is 3.07. The van der Waals surface area contributed by atoms with E-state index in [1.54, 1.807) is 7.11 Å².